The van der Waals surface area contributed by atoms with Crippen LogP contribution in [-0.2, 0) is 21.4 Å². The third-order valence-electron chi connectivity index (χ3n) is 5.98. The van der Waals surface area contributed by atoms with E-state index in [4.69, 9.17) is 25.8 Å². The lowest BCUT2D eigenvalue weighted by atomic mass is 10.2. The maximum atomic E-state index is 13.6. The van der Waals surface area contributed by atoms with Gasteiger partial charge in [0.1, 0.15) is 24.7 Å². The van der Waals surface area contributed by atoms with Crippen LogP contribution < -0.4 is 23.9 Å². The van der Waals surface area contributed by atoms with E-state index in [0.717, 1.165) is 22.0 Å². The van der Waals surface area contributed by atoms with Crippen LogP contribution in [0.15, 0.2) is 101 Å². The summed E-state index contributed by atoms with van der Waals surface area (Å²) in [6, 6.07) is 23.1. The molecule has 9 nitrogen and oxygen atoms in total. The number of amides is 1. The normalized spacial score (nSPS) is 11.2. The smallest absolute Gasteiger partial charge is 0.264 e. The van der Waals surface area contributed by atoms with E-state index >= 15 is 0 Å². The Kier molecular flexibility index (Phi) is 10.00. The van der Waals surface area contributed by atoms with Crippen LogP contribution >= 0.6 is 11.6 Å². The molecule has 1 amide bonds. The van der Waals surface area contributed by atoms with Gasteiger partial charge in [-0.3, -0.25) is 9.10 Å². The lowest BCUT2D eigenvalue weighted by Crippen LogP contribution is -2.39. The number of hydrogen-bond acceptors (Lipinski definition) is 7. The molecular formula is C30H27ClFN3O6S. The molecule has 0 unspecified atom stereocenters. The van der Waals surface area contributed by atoms with Crippen molar-refractivity contribution in [2.45, 2.75) is 11.5 Å². The molecule has 42 heavy (non-hydrogen) atoms. The Morgan fingerprint density at radius 1 is 0.952 bits per heavy atom. The highest BCUT2D eigenvalue weighted by atomic mass is 35.5. The minimum Gasteiger partial charge on any atom is -0.493 e. The summed E-state index contributed by atoms with van der Waals surface area (Å²) in [7, 11) is -1.49. The quantitative estimate of drug-likeness (QED) is 0.169. The number of rotatable bonds is 12. The van der Waals surface area contributed by atoms with Gasteiger partial charge in [0.05, 0.1) is 31.0 Å². The molecule has 0 saturated carbocycles. The van der Waals surface area contributed by atoms with Gasteiger partial charge in [0.15, 0.2) is 11.5 Å². The van der Waals surface area contributed by atoms with E-state index in [1.165, 1.54) is 50.8 Å². The number of carbonyl (C=O) groups is 1. The monoisotopic (exact) mass is 611 g/mol. The topological polar surface area (TPSA) is 107 Å². The van der Waals surface area contributed by atoms with Crippen molar-refractivity contribution in [1.82, 2.24) is 5.43 Å². The second-order valence-electron chi connectivity index (χ2n) is 8.75. The van der Waals surface area contributed by atoms with E-state index in [2.05, 4.69) is 10.5 Å². The van der Waals surface area contributed by atoms with Gasteiger partial charge >= 0.3 is 0 Å². The molecule has 0 bridgehead atoms. The van der Waals surface area contributed by atoms with E-state index in [1.807, 2.05) is 18.2 Å². The van der Waals surface area contributed by atoms with Crippen LogP contribution in [-0.4, -0.2) is 41.3 Å². The summed E-state index contributed by atoms with van der Waals surface area (Å²) in [5, 5.41) is 4.56. The van der Waals surface area contributed by atoms with E-state index in [1.54, 1.807) is 30.3 Å². The standard InChI is InChI=1S/C30H27ClFN3O6S/c1-39-28-16-15-26(17-29(28)40-2)42(37,38)35(24-11-9-23(32)10-12-24)19-30(36)34-33-18-21-7-13-25(14-8-21)41-20-22-5-3-4-6-27(22)31/h3-18H,19-20H2,1-2H3,(H,34,36)/b33-18-. The molecule has 0 saturated heterocycles. The second-order valence-corrected chi connectivity index (χ2v) is 11.0. The van der Waals surface area contributed by atoms with Gasteiger partial charge in [-0.05, 0) is 72.3 Å². The zero-order valence-corrected chi connectivity index (χ0v) is 24.2. The summed E-state index contributed by atoms with van der Waals surface area (Å²) in [5.41, 5.74) is 3.93. The largest absolute Gasteiger partial charge is 0.493 e. The number of halogens is 2. The number of anilines is 1. The third kappa shape index (κ3) is 7.56. The average molecular weight is 612 g/mol. The van der Waals surface area contributed by atoms with Gasteiger partial charge in [-0.25, -0.2) is 18.2 Å². The van der Waals surface area contributed by atoms with Crippen molar-refractivity contribution in [3.63, 3.8) is 0 Å². The molecule has 0 aromatic heterocycles. The van der Waals surface area contributed by atoms with Gasteiger partial charge in [-0.15, -0.1) is 0 Å². The predicted molar refractivity (Wildman–Crippen MR) is 158 cm³/mol. The van der Waals surface area contributed by atoms with Crippen molar-refractivity contribution in [2.24, 2.45) is 5.10 Å². The molecule has 0 aliphatic rings. The zero-order chi connectivity index (χ0) is 30.1. The SMILES string of the molecule is COc1ccc(S(=O)(=O)N(CC(=O)N/N=C\c2ccc(OCc3ccccc3Cl)cc2)c2ccc(F)cc2)cc1OC. The first-order valence-electron chi connectivity index (χ1n) is 12.5. The molecule has 4 aromatic carbocycles. The van der Waals surface area contributed by atoms with Gasteiger partial charge < -0.3 is 14.2 Å². The molecule has 0 aliphatic heterocycles. The van der Waals surface area contributed by atoms with E-state index in [-0.39, 0.29) is 16.3 Å². The Labute approximate surface area is 248 Å². The average Bonchev–Trinajstić information content (AvgIpc) is 3.00. The predicted octanol–water partition coefficient (Wildman–Crippen LogP) is 5.42. The van der Waals surface area contributed by atoms with Crippen molar-refractivity contribution >= 4 is 39.4 Å². The lowest BCUT2D eigenvalue weighted by Gasteiger charge is -2.24. The van der Waals surface area contributed by atoms with Gasteiger partial charge in [0.2, 0.25) is 0 Å². The molecule has 12 heteroatoms. The number of sulfonamides is 1. The Morgan fingerprint density at radius 3 is 2.31 bits per heavy atom. The Balaban J connectivity index is 1.45. The van der Waals surface area contributed by atoms with Crippen LogP contribution in [0, 0.1) is 5.82 Å². The van der Waals surface area contributed by atoms with E-state index < -0.39 is 28.3 Å². The first-order valence-corrected chi connectivity index (χ1v) is 14.3. The van der Waals surface area contributed by atoms with Crippen LogP contribution in [0.25, 0.3) is 0 Å². The number of ether oxygens (including phenoxy) is 3. The highest BCUT2D eigenvalue weighted by Gasteiger charge is 2.28. The molecule has 0 aliphatic carbocycles. The summed E-state index contributed by atoms with van der Waals surface area (Å²) in [5.74, 6) is -0.147. The minimum atomic E-state index is -4.29. The number of hydrazone groups is 1. The molecule has 4 aromatic rings. The molecule has 0 heterocycles. The minimum absolute atomic E-state index is 0.0812. The summed E-state index contributed by atoms with van der Waals surface area (Å²) < 4.78 is 57.8. The van der Waals surface area contributed by atoms with Crippen LogP contribution in [0.1, 0.15) is 11.1 Å². The van der Waals surface area contributed by atoms with Crippen molar-refractivity contribution in [3.8, 4) is 17.2 Å². The molecule has 0 atom stereocenters. The van der Waals surface area contributed by atoms with Crippen molar-refractivity contribution in [3.05, 3.63) is 113 Å². The van der Waals surface area contributed by atoms with Gasteiger partial charge in [0.25, 0.3) is 15.9 Å². The first-order chi connectivity index (χ1) is 20.2. The first kappa shape index (κ1) is 30.4. The number of benzene rings is 4. The number of hydrogen-bond donors (Lipinski definition) is 1. The Hall–Kier alpha value is -4.61. The van der Waals surface area contributed by atoms with E-state index in [0.29, 0.717) is 28.7 Å². The lowest BCUT2D eigenvalue weighted by molar-refractivity contribution is -0.119. The van der Waals surface area contributed by atoms with Crippen LogP contribution in [0.5, 0.6) is 17.2 Å². The fourth-order valence-corrected chi connectivity index (χ4v) is 5.43. The Morgan fingerprint density at radius 2 is 1.64 bits per heavy atom. The maximum absolute atomic E-state index is 13.6. The van der Waals surface area contributed by atoms with E-state index in [9.17, 15) is 17.6 Å². The second kappa shape index (κ2) is 13.8. The number of nitrogens with zero attached hydrogens (tertiary/aromatic N) is 2. The Bertz CT molecular complexity index is 1670. The summed E-state index contributed by atoms with van der Waals surface area (Å²) in [6.07, 6.45) is 1.40. The molecule has 0 spiro atoms. The molecule has 1 N–H and O–H groups in total. The molecular weight excluding hydrogens is 585 g/mol. The zero-order valence-electron chi connectivity index (χ0n) is 22.7. The number of nitrogens with one attached hydrogen (secondary N) is 1. The summed E-state index contributed by atoms with van der Waals surface area (Å²) >= 11 is 6.16. The van der Waals surface area contributed by atoms with Crippen LogP contribution in [0.3, 0.4) is 0 Å². The number of carbonyl (C=O) groups excluding carboxylic acids is 1. The van der Waals surface area contributed by atoms with Crippen molar-refractivity contribution in [1.29, 1.82) is 0 Å². The van der Waals surface area contributed by atoms with Crippen LogP contribution in [0.2, 0.25) is 5.02 Å². The van der Waals surface area contributed by atoms with Gasteiger partial charge in [-0.1, -0.05) is 29.8 Å². The van der Waals surface area contributed by atoms with Crippen molar-refractivity contribution < 1.29 is 31.8 Å². The highest BCUT2D eigenvalue weighted by Crippen LogP contribution is 2.32. The third-order valence-corrected chi connectivity index (χ3v) is 8.12. The van der Waals surface area contributed by atoms with Gasteiger partial charge in [0, 0.05) is 16.7 Å². The number of methoxy groups -OCH3 is 2. The highest BCUT2D eigenvalue weighted by molar-refractivity contribution is 7.92. The molecule has 0 radical (unpaired) electrons. The summed E-state index contributed by atoms with van der Waals surface area (Å²) in [4.78, 5) is 12.7. The maximum Gasteiger partial charge on any atom is 0.264 e. The molecule has 218 valence electrons. The summed E-state index contributed by atoms with van der Waals surface area (Å²) in [6.45, 7) is -0.325. The van der Waals surface area contributed by atoms with Crippen molar-refractivity contribution in [2.75, 3.05) is 25.1 Å². The molecule has 0 fully saturated rings. The van der Waals surface area contributed by atoms with Crippen LogP contribution in [0.4, 0.5) is 10.1 Å². The molecule has 4 rings (SSSR count). The fourth-order valence-electron chi connectivity index (χ4n) is 3.80. The fraction of sp³-hybridized carbons (Fsp3) is 0.133. The van der Waals surface area contributed by atoms with Gasteiger partial charge in [-0.2, -0.15) is 5.10 Å².